The first kappa shape index (κ1) is 32.4. The number of nitrogens with zero attached hydrogens (tertiary/aromatic N) is 4. The number of carboxylic acid groups (broad SMARTS) is 1. The number of carbonyl (C=O) groups is 1. The largest absolute Gasteiger partial charge is 0.493 e. The van der Waals surface area contributed by atoms with Crippen LogP contribution in [0.4, 0.5) is 0 Å². The summed E-state index contributed by atoms with van der Waals surface area (Å²) in [4.78, 5) is 15.5. The monoisotopic (exact) mass is 668 g/mol. The predicted molar refractivity (Wildman–Crippen MR) is 188 cm³/mol. The molecule has 0 bridgehead atoms. The van der Waals surface area contributed by atoms with Crippen LogP contribution < -0.4 is 4.74 Å². The zero-order valence-electron chi connectivity index (χ0n) is 27.3. The third kappa shape index (κ3) is 6.35. The van der Waals surface area contributed by atoms with Gasteiger partial charge < -0.3 is 23.9 Å². The van der Waals surface area contributed by atoms with Gasteiger partial charge >= 0.3 is 5.97 Å². The number of benzene rings is 3. The third-order valence-electron chi connectivity index (χ3n) is 9.41. The van der Waals surface area contributed by atoms with Crippen molar-refractivity contribution in [1.82, 2.24) is 19.2 Å². The molecule has 1 saturated heterocycles. The molecule has 5 aromatic rings. The molecule has 7 rings (SSSR count). The highest BCUT2D eigenvalue weighted by Gasteiger charge is 2.29. The van der Waals surface area contributed by atoms with E-state index >= 15 is 0 Å². The van der Waals surface area contributed by atoms with Crippen molar-refractivity contribution in [3.05, 3.63) is 94.4 Å². The maximum absolute atomic E-state index is 13.1. The zero-order valence-corrected chi connectivity index (χ0v) is 28.0. The van der Waals surface area contributed by atoms with Gasteiger partial charge in [-0.3, -0.25) is 9.58 Å². The van der Waals surface area contributed by atoms with Gasteiger partial charge in [-0.25, -0.2) is 4.79 Å². The Bertz CT molecular complexity index is 1970. The van der Waals surface area contributed by atoms with Crippen LogP contribution in [0, 0.1) is 0 Å². The number of allylic oxidation sites excluding steroid dienone is 1. The van der Waals surface area contributed by atoms with Gasteiger partial charge in [0.25, 0.3) is 0 Å². The fourth-order valence-electron chi connectivity index (χ4n) is 7.12. The third-order valence-corrected chi connectivity index (χ3v) is 9.73. The second kappa shape index (κ2) is 14.5. The molecule has 250 valence electrons. The van der Waals surface area contributed by atoms with Crippen molar-refractivity contribution < 1.29 is 24.1 Å². The number of carboxylic acids is 1. The van der Waals surface area contributed by atoms with Gasteiger partial charge in [-0.15, -0.1) is 0 Å². The lowest BCUT2D eigenvalue weighted by Gasteiger charge is -2.26. The van der Waals surface area contributed by atoms with Gasteiger partial charge in [-0.1, -0.05) is 73.1 Å². The smallest absolute Gasteiger partial charge is 0.352 e. The van der Waals surface area contributed by atoms with Gasteiger partial charge in [0.2, 0.25) is 0 Å². The molecule has 0 saturated carbocycles. The lowest BCUT2D eigenvalue weighted by Crippen LogP contribution is -2.38. The number of ether oxygens (including phenoxy) is 3. The van der Waals surface area contributed by atoms with E-state index in [1.54, 1.807) is 0 Å². The van der Waals surface area contributed by atoms with Crippen LogP contribution in [-0.4, -0.2) is 76.4 Å². The minimum atomic E-state index is -0.963. The molecule has 1 N–H and O–H groups in total. The molecular weight excluding hydrogens is 628 g/mol. The van der Waals surface area contributed by atoms with Crippen molar-refractivity contribution in [3.63, 3.8) is 0 Å². The first-order valence-corrected chi connectivity index (χ1v) is 17.2. The molecule has 3 aromatic carbocycles. The summed E-state index contributed by atoms with van der Waals surface area (Å²) in [5, 5.41) is 19.4. The molecule has 9 nitrogen and oxygen atoms in total. The van der Waals surface area contributed by atoms with Gasteiger partial charge in [0, 0.05) is 48.1 Å². The van der Waals surface area contributed by atoms with E-state index < -0.39 is 5.97 Å². The van der Waals surface area contributed by atoms with Crippen LogP contribution in [0.5, 0.6) is 5.75 Å². The highest BCUT2D eigenvalue weighted by Crippen LogP contribution is 2.43. The summed E-state index contributed by atoms with van der Waals surface area (Å²) >= 11 is 7.12. The summed E-state index contributed by atoms with van der Waals surface area (Å²) in [5.41, 5.74) is 5.53. The number of rotatable bonds is 10. The van der Waals surface area contributed by atoms with Gasteiger partial charge in [-0.05, 0) is 42.3 Å². The maximum Gasteiger partial charge on any atom is 0.352 e. The van der Waals surface area contributed by atoms with Crippen LogP contribution in [0.25, 0.3) is 32.8 Å². The Hall–Kier alpha value is -4.15. The van der Waals surface area contributed by atoms with Crippen LogP contribution in [0.3, 0.4) is 0 Å². The van der Waals surface area contributed by atoms with Crippen LogP contribution in [0.2, 0.25) is 5.02 Å². The summed E-state index contributed by atoms with van der Waals surface area (Å²) in [6, 6.07) is 18.1. The van der Waals surface area contributed by atoms with E-state index in [-0.39, 0.29) is 5.69 Å². The Kier molecular flexibility index (Phi) is 9.81. The average Bonchev–Trinajstić information content (AvgIpc) is 3.61. The molecule has 0 spiro atoms. The second-order valence-corrected chi connectivity index (χ2v) is 12.7. The topological polar surface area (TPSA) is 91.0 Å². The first-order valence-electron chi connectivity index (χ1n) is 16.8. The van der Waals surface area contributed by atoms with Crippen LogP contribution in [0.15, 0.2) is 66.7 Å². The molecule has 10 heteroatoms. The highest BCUT2D eigenvalue weighted by atomic mass is 35.5. The molecule has 0 aliphatic carbocycles. The number of aromatic carboxylic acids is 1. The summed E-state index contributed by atoms with van der Waals surface area (Å²) in [5.74, 6) is -0.134. The van der Waals surface area contributed by atoms with Gasteiger partial charge in [0.15, 0.2) is 0 Å². The summed E-state index contributed by atoms with van der Waals surface area (Å²) < 4.78 is 21.9. The Balaban J connectivity index is 1.29. The lowest BCUT2D eigenvalue weighted by atomic mass is 9.97. The molecule has 0 amide bonds. The first-order chi connectivity index (χ1) is 23.5. The van der Waals surface area contributed by atoms with E-state index in [9.17, 15) is 9.90 Å². The van der Waals surface area contributed by atoms with Crippen molar-refractivity contribution in [3.8, 4) is 16.9 Å². The standard InChI is InChI=1S/C38H41ClN4O5/c1-2-31-35-32(43(40-31)18-17-41-19-23-46-24-20-41)25-47-21-6-5-16-42-36-29(14-15-30(39)34(35)36)28(37(42)38(44)45)12-8-22-48-33-13-7-10-26-9-3-4-11-27(26)33/h3-7,9-11,13-15H,2,8,12,16-25H2,1H3,(H,44,45)/b6-5-. The number of halogens is 1. The molecule has 2 aromatic heterocycles. The number of hydrogen-bond donors (Lipinski definition) is 1. The van der Waals surface area contributed by atoms with E-state index in [1.165, 1.54) is 0 Å². The minimum absolute atomic E-state index is 0.280. The fourth-order valence-corrected chi connectivity index (χ4v) is 7.36. The Morgan fingerprint density at radius 1 is 0.979 bits per heavy atom. The molecule has 0 atom stereocenters. The molecule has 2 aliphatic rings. The summed E-state index contributed by atoms with van der Waals surface area (Å²) in [6.07, 6.45) is 5.82. The number of aromatic nitrogens is 3. The van der Waals surface area contributed by atoms with Crippen LogP contribution in [0.1, 0.15) is 40.8 Å². The van der Waals surface area contributed by atoms with Crippen LogP contribution in [-0.2, 0) is 42.0 Å². The van der Waals surface area contributed by atoms with Crippen LogP contribution >= 0.6 is 11.6 Å². The summed E-state index contributed by atoms with van der Waals surface area (Å²) in [6.45, 7) is 8.55. The Labute approximate surface area is 285 Å². The van der Waals surface area contributed by atoms with Crippen molar-refractivity contribution in [2.45, 2.75) is 45.9 Å². The predicted octanol–water partition coefficient (Wildman–Crippen LogP) is 7.00. The SMILES string of the molecule is CCc1nn(CCN2CCOCC2)c2c1-c1c(Cl)ccc3c(CCCOc4cccc5ccccc45)c(C(=O)O)n(c13)C/C=C\COC2. The van der Waals surface area contributed by atoms with E-state index in [0.717, 1.165) is 88.4 Å². The number of aryl methyl sites for hydroxylation is 2. The van der Waals surface area contributed by atoms with Crippen molar-refractivity contribution in [2.24, 2.45) is 0 Å². The normalized spacial score (nSPS) is 16.1. The van der Waals surface area contributed by atoms with E-state index in [0.29, 0.717) is 57.2 Å². The van der Waals surface area contributed by atoms with E-state index in [4.69, 9.17) is 30.9 Å². The van der Waals surface area contributed by atoms with Crippen molar-refractivity contribution in [1.29, 1.82) is 0 Å². The Morgan fingerprint density at radius 3 is 2.65 bits per heavy atom. The van der Waals surface area contributed by atoms with Crippen molar-refractivity contribution in [2.75, 3.05) is 46.1 Å². The lowest BCUT2D eigenvalue weighted by molar-refractivity contribution is 0.0355. The maximum atomic E-state index is 13.1. The highest BCUT2D eigenvalue weighted by molar-refractivity contribution is 6.35. The number of morpholine rings is 1. The molecule has 4 heterocycles. The quantitative estimate of drug-likeness (QED) is 0.127. The molecule has 2 aliphatic heterocycles. The molecular formula is C38H41ClN4O5. The molecule has 1 fully saturated rings. The van der Waals surface area contributed by atoms with Gasteiger partial charge in [0.1, 0.15) is 11.4 Å². The fraction of sp³-hybridized carbons (Fsp3) is 0.368. The molecule has 0 radical (unpaired) electrons. The molecule has 48 heavy (non-hydrogen) atoms. The van der Waals surface area contributed by atoms with Crippen molar-refractivity contribution >= 4 is 39.2 Å². The van der Waals surface area contributed by atoms with E-state index in [2.05, 4.69) is 34.7 Å². The Morgan fingerprint density at radius 2 is 1.81 bits per heavy atom. The summed E-state index contributed by atoms with van der Waals surface area (Å²) in [7, 11) is 0. The van der Waals surface area contributed by atoms with Gasteiger partial charge in [-0.2, -0.15) is 5.10 Å². The number of fused-ring (bicyclic) bond motifs is 3. The number of hydrogen-bond acceptors (Lipinski definition) is 6. The van der Waals surface area contributed by atoms with E-state index in [1.807, 2.05) is 53.1 Å². The second-order valence-electron chi connectivity index (χ2n) is 12.3. The van der Waals surface area contributed by atoms with Gasteiger partial charge in [0.05, 0.1) is 61.5 Å². The minimum Gasteiger partial charge on any atom is -0.493 e. The molecule has 0 unspecified atom stereocenters. The zero-order chi connectivity index (χ0) is 33.0. The average molecular weight is 669 g/mol.